The van der Waals surface area contributed by atoms with Crippen LogP contribution in [0.25, 0.3) is 0 Å². The number of nitrogens with one attached hydrogen (secondary N) is 2. The third kappa shape index (κ3) is 6.08. The summed E-state index contributed by atoms with van der Waals surface area (Å²) in [4.78, 5) is 12.3. The molecule has 0 unspecified atom stereocenters. The molecule has 3 N–H and O–H groups in total. The second-order valence-corrected chi connectivity index (χ2v) is 6.24. The van der Waals surface area contributed by atoms with Crippen molar-refractivity contribution in [1.29, 1.82) is 0 Å². The summed E-state index contributed by atoms with van der Waals surface area (Å²) in [5, 5.41) is 15.1. The molecule has 0 aliphatic rings. The van der Waals surface area contributed by atoms with Crippen LogP contribution in [0.15, 0.2) is 48.5 Å². The van der Waals surface area contributed by atoms with E-state index in [0.29, 0.717) is 19.6 Å². The molecule has 2 aromatic rings. The quantitative estimate of drug-likeness (QED) is 0.641. The largest absolute Gasteiger partial charge is 0.494 e. The Morgan fingerprint density at radius 3 is 2.62 bits per heavy atom. The highest BCUT2D eigenvalue weighted by Crippen LogP contribution is 2.18. The van der Waals surface area contributed by atoms with Crippen molar-refractivity contribution in [2.24, 2.45) is 0 Å². The first-order valence-electron chi connectivity index (χ1n) is 9.06. The van der Waals surface area contributed by atoms with Crippen LogP contribution in [0.5, 0.6) is 5.75 Å². The minimum Gasteiger partial charge on any atom is -0.494 e. The Hall–Kier alpha value is -2.53. The maximum absolute atomic E-state index is 12.3. The molecule has 26 heavy (non-hydrogen) atoms. The molecule has 2 rings (SSSR count). The molecular formula is C21H28N2O3. The van der Waals surface area contributed by atoms with Gasteiger partial charge in [0.2, 0.25) is 0 Å². The van der Waals surface area contributed by atoms with Crippen molar-refractivity contribution >= 4 is 6.03 Å². The minimum absolute atomic E-state index is 0.0121. The van der Waals surface area contributed by atoms with E-state index >= 15 is 0 Å². The summed E-state index contributed by atoms with van der Waals surface area (Å²) in [5.41, 5.74) is 3.10. The van der Waals surface area contributed by atoms with Crippen LogP contribution >= 0.6 is 0 Å². The normalized spacial score (nSPS) is 11.7. The number of aliphatic hydroxyl groups is 1. The molecule has 5 heteroatoms. The number of hydrogen-bond acceptors (Lipinski definition) is 3. The molecule has 2 amide bonds. The number of carbonyl (C=O) groups is 1. The van der Waals surface area contributed by atoms with Gasteiger partial charge in [0.05, 0.1) is 12.6 Å². The number of benzene rings is 2. The van der Waals surface area contributed by atoms with Crippen LogP contribution in [0.4, 0.5) is 4.79 Å². The summed E-state index contributed by atoms with van der Waals surface area (Å²) in [6.07, 6.45) is 1.44. The summed E-state index contributed by atoms with van der Waals surface area (Å²) in [6, 6.07) is 15.1. The summed E-state index contributed by atoms with van der Waals surface area (Å²) >= 11 is 0. The molecule has 2 aromatic carbocycles. The number of carbonyl (C=O) groups excluding carboxylic acids is 1. The van der Waals surface area contributed by atoms with E-state index in [1.807, 2.05) is 55.5 Å². The van der Waals surface area contributed by atoms with Crippen LogP contribution in [-0.2, 0) is 6.54 Å². The lowest BCUT2D eigenvalue weighted by atomic mass is 10.0. The van der Waals surface area contributed by atoms with Gasteiger partial charge in [-0.05, 0) is 48.6 Å². The Balaban J connectivity index is 1.91. The van der Waals surface area contributed by atoms with E-state index in [2.05, 4.69) is 17.6 Å². The first-order valence-corrected chi connectivity index (χ1v) is 9.06. The highest BCUT2D eigenvalue weighted by molar-refractivity contribution is 5.74. The monoisotopic (exact) mass is 356 g/mol. The number of aliphatic hydroxyl groups excluding tert-OH is 1. The van der Waals surface area contributed by atoms with Gasteiger partial charge in [-0.2, -0.15) is 0 Å². The zero-order valence-electron chi connectivity index (χ0n) is 15.5. The van der Waals surface area contributed by atoms with Crippen molar-refractivity contribution in [3.05, 3.63) is 65.2 Å². The number of rotatable bonds is 9. The van der Waals surface area contributed by atoms with Gasteiger partial charge in [0.25, 0.3) is 0 Å². The van der Waals surface area contributed by atoms with Crippen molar-refractivity contribution in [1.82, 2.24) is 10.6 Å². The second kappa shape index (κ2) is 10.5. The molecule has 1 atom stereocenters. The Kier molecular flexibility index (Phi) is 7.96. The molecule has 0 spiro atoms. The van der Waals surface area contributed by atoms with Gasteiger partial charge in [0.15, 0.2) is 0 Å². The molecule has 140 valence electrons. The van der Waals surface area contributed by atoms with Gasteiger partial charge in [0, 0.05) is 13.2 Å². The van der Waals surface area contributed by atoms with E-state index in [-0.39, 0.29) is 18.7 Å². The SMILES string of the molecule is CCCOc1ccc(CNC(=O)N[C@H](CCO)c2ccccc2)c(C)c1. The molecule has 0 radical (unpaired) electrons. The van der Waals surface area contributed by atoms with Gasteiger partial charge < -0.3 is 20.5 Å². The Labute approximate surface area is 155 Å². The van der Waals surface area contributed by atoms with Gasteiger partial charge in [-0.1, -0.05) is 43.3 Å². The summed E-state index contributed by atoms with van der Waals surface area (Å²) < 4.78 is 5.62. The minimum atomic E-state index is -0.252. The van der Waals surface area contributed by atoms with Crippen molar-refractivity contribution in [3.8, 4) is 5.75 Å². The Morgan fingerprint density at radius 2 is 1.96 bits per heavy atom. The van der Waals surface area contributed by atoms with Gasteiger partial charge in [-0.3, -0.25) is 0 Å². The number of ether oxygens (including phenoxy) is 1. The molecule has 0 bridgehead atoms. The van der Waals surface area contributed by atoms with E-state index in [1.54, 1.807) is 0 Å². The second-order valence-electron chi connectivity index (χ2n) is 6.24. The maximum atomic E-state index is 12.3. The van der Waals surface area contributed by atoms with Crippen LogP contribution in [0.1, 0.15) is 42.5 Å². The number of urea groups is 1. The lowest BCUT2D eigenvalue weighted by molar-refractivity contribution is 0.229. The van der Waals surface area contributed by atoms with Crippen LogP contribution < -0.4 is 15.4 Å². The molecule has 0 aromatic heterocycles. The average Bonchev–Trinajstić information content (AvgIpc) is 2.66. The molecule has 0 fully saturated rings. The van der Waals surface area contributed by atoms with Crippen molar-refractivity contribution < 1.29 is 14.6 Å². The van der Waals surface area contributed by atoms with Crippen LogP contribution in [0.2, 0.25) is 0 Å². The lowest BCUT2D eigenvalue weighted by Gasteiger charge is -2.19. The number of aryl methyl sites for hydroxylation is 1. The van der Waals surface area contributed by atoms with Gasteiger partial charge in [0.1, 0.15) is 5.75 Å². The van der Waals surface area contributed by atoms with E-state index < -0.39 is 0 Å². The van der Waals surface area contributed by atoms with Crippen LogP contribution in [-0.4, -0.2) is 24.4 Å². The smallest absolute Gasteiger partial charge is 0.315 e. The van der Waals surface area contributed by atoms with E-state index in [1.165, 1.54) is 0 Å². The van der Waals surface area contributed by atoms with Crippen molar-refractivity contribution in [3.63, 3.8) is 0 Å². The third-order valence-electron chi connectivity index (χ3n) is 4.15. The highest BCUT2D eigenvalue weighted by atomic mass is 16.5. The van der Waals surface area contributed by atoms with Crippen LogP contribution in [0, 0.1) is 6.92 Å². The Morgan fingerprint density at radius 1 is 1.19 bits per heavy atom. The van der Waals surface area contributed by atoms with Gasteiger partial charge in [-0.25, -0.2) is 4.79 Å². The summed E-state index contributed by atoms with van der Waals surface area (Å²) in [6.45, 7) is 5.23. The fourth-order valence-electron chi connectivity index (χ4n) is 2.70. The lowest BCUT2D eigenvalue weighted by Crippen LogP contribution is -2.38. The number of hydrogen-bond donors (Lipinski definition) is 3. The third-order valence-corrected chi connectivity index (χ3v) is 4.15. The molecule has 0 heterocycles. The van der Waals surface area contributed by atoms with E-state index in [4.69, 9.17) is 4.74 Å². The van der Waals surface area contributed by atoms with Gasteiger partial charge >= 0.3 is 6.03 Å². The molecule has 0 saturated carbocycles. The molecule has 0 aliphatic heterocycles. The predicted octanol–water partition coefficient (Wildman–Crippen LogP) is 3.71. The van der Waals surface area contributed by atoms with Crippen LogP contribution in [0.3, 0.4) is 0 Å². The summed E-state index contributed by atoms with van der Waals surface area (Å²) in [5.74, 6) is 0.852. The predicted molar refractivity (Wildman–Crippen MR) is 103 cm³/mol. The molecule has 0 saturated heterocycles. The molecule has 5 nitrogen and oxygen atoms in total. The van der Waals surface area contributed by atoms with Crippen molar-refractivity contribution in [2.45, 2.75) is 39.3 Å². The fraction of sp³-hybridized carbons (Fsp3) is 0.381. The standard InChI is InChI=1S/C21H28N2O3/c1-3-13-26-19-10-9-18(16(2)14-19)15-22-21(25)23-20(11-12-24)17-7-5-4-6-8-17/h4-10,14,20,24H,3,11-13,15H2,1-2H3,(H2,22,23,25)/t20-/m1/s1. The molecular weight excluding hydrogens is 328 g/mol. The maximum Gasteiger partial charge on any atom is 0.315 e. The Bertz CT molecular complexity index is 689. The fourth-order valence-corrected chi connectivity index (χ4v) is 2.70. The summed E-state index contributed by atoms with van der Waals surface area (Å²) in [7, 11) is 0. The van der Waals surface area contributed by atoms with Gasteiger partial charge in [-0.15, -0.1) is 0 Å². The van der Waals surface area contributed by atoms with E-state index in [0.717, 1.165) is 28.9 Å². The first-order chi connectivity index (χ1) is 12.6. The zero-order chi connectivity index (χ0) is 18.8. The van der Waals surface area contributed by atoms with E-state index in [9.17, 15) is 9.90 Å². The average molecular weight is 356 g/mol. The highest BCUT2D eigenvalue weighted by Gasteiger charge is 2.14. The topological polar surface area (TPSA) is 70.6 Å². The number of amides is 2. The first kappa shape index (κ1) is 19.8. The zero-order valence-corrected chi connectivity index (χ0v) is 15.5. The molecule has 0 aliphatic carbocycles. The van der Waals surface area contributed by atoms with Crippen molar-refractivity contribution in [2.75, 3.05) is 13.2 Å².